The predicted molar refractivity (Wildman–Crippen MR) is 86.7 cm³/mol. The van der Waals surface area contributed by atoms with Gasteiger partial charge in [0, 0.05) is 6.07 Å². The number of amides is 1. The third-order valence-electron chi connectivity index (χ3n) is 3.27. The highest BCUT2D eigenvalue weighted by atomic mass is 16.6. The number of anilines is 1. The van der Waals surface area contributed by atoms with Gasteiger partial charge in [0.1, 0.15) is 22.8 Å². The largest absolute Gasteiger partial charge is 0.494 e. The smallest absolute Gasteiger partial charge is 0.342 e. The first-order valence-electron chi connectivity index (χ1n) is 7.18. The van der Waals surface area contributed by atoms with Gasteiger partial charge in [-0.25, -0.2) is 4.79 Å². The minimum Gasteiger partial charge on any atom is -0.494 e. The lowest BCUT2D eigenvalue weighted by Gasteiger charge is -2.10. The van der Waals surface area contributed by atoms with Gasteiger partial charge in [0.15, 0.2) is 6.61 Å². The van der Waals surface area contributed by atoms with Gasteiger partial charge < -0.3 is 19.2 Å². The van der Waals surface area contributed by atoms with Crippen molar-refractivity contribution in [3.8, 4) is 5.75 Å². The summed E-state index contributed by atoms with van der Waals surface area (Å²) in [6.07, 6.45) is 0. The van der Waals surface area contributed by atoms with E-state index >= 15 is 0 Å². The van der Waals surface area contributed by atoms with Crippen molar-refractivity contribution < 1.29 is 28.4 Å². The molecule has 1 aromatic heterocycles. The highest BCUT2D eigenvalue weighted by Gasteiger charge is 2.18. The van der Waals surface area contributed by atoms with Crippen LogP contribution in [0.25, 0.3) is 0 Å². The summed E-state index contributed by atoms with van der Waals surface area (Å²) in [5.74, 6) is -0.210. The van der Waals surface area contributed by atoms with Gasteiger partial charge in [0.25, 0.3) is 11.6 Å². The lowest BCUT2D eigenvalue weighted by molar-refractivity contribution is -0.384. The second kappa shape index (κ2) is 7.47. The lowest BCUT2D eigenvalue weighted by atomic mass is 10.2. The number of carbonyl (C=O) groups is 2. The molecule has 9 heteroatoms. The molecule has 0 atom stereocenters. The summed E-state index contributed by atoms with van der Waals surface area (Å²) in [6, 6.07) is 5.26. The number of aryl methyl sites for hydroxylation is 2. The molecule has 9 nitrogen and oxygen atoms in total. The van der Waals surface area contributed by atoms with E-state index in [4.69, 9.17) is 13.9 Å². The molecule has 0 saturated carbocycles. The summed E-state index contributed by atoms with van der Waals surface area (Å²) in [6.45, 7) is 2.78. The zero-order valence-electron chi connectivity index (χ0n) is 13.8. The van der Waals surface area contributed by atoms with E-state index in [-0.39, 0.29) is 22.7 Å². The number of furan rings is 1. The lowest BCUT2D eigenvalue weighted by Crippen LogP contribution is -2.21. The first-order valence-corrected chi connectivity index (χ1v) is 7.18. The Morgan fingerprint density at radius 2 is 2.00 bits per heavy atom. The van der Waals surface area contributed by atoms with Gasteiger partial charge in [-0.05, 0) is 26.0 Å². The Kier molecular flexibility index (Phi) is 5.38. The first-order chi connectivity index (χ1) is 11.8. The van der Waals surface area contributed by atoms with E-state index in [1.54, 1.807) is 13.8 Å². The van der Waals surface area contributed by atoms with Crippen molar-refractivity contribution in [3.05, 3.63) is 51.5 Å². The minimum atomic E-state index is -0.680. The third-order valence-corrected chi connectivity index (χ3v) is 3.27. The fourth-order valence-corrected chi connectivity index (χ4v) is 2.13. The number of benzene rings is 1. The van der Waals surface area contributed by atoms with Crippen molar-refractivity contribution in [2.24, 2.45) is 0 Å². The fraction of sp³-hybridized carbons (Fsp3) is 0.250. The molecule has 1 amide bonds. The van der Waals surface area contributed by atoms with Crippen molar-refractivity contribution in [2.75, 3.05) is 19.0 Å². The molecule has 1 heterocycles. The number of rotatable bonds is 6. The number of non-ortho nitro benzene ring substituents is 1. The minimum absolute atomic E-state index is 0.121. The molecule has 0 aliphatic heterocycles. The van der Waals surface area contributed by atoms with Gasteiger partial charge in [0.2, 0.25) is 0 Å². The van der Waals surface area contributed by atoms with Gasteiger partial charge >= 0.3 is 5.97 Å². The van der Waals surface area contributed by atoms with E-state index in [9.17, 15) is 19.7 Å². The molecule has 0 spiro atoms. The number of ether oxygens (including phenoxy) is 2. The summed E-state index contributed by atoms with van der Waals surface area (Å²) < 4.78 is 15.2. The molecular weight excluding hydrogens is 332 g/mol. The van der Waals surface area contributed by atoms with Crippen LogP contribution < -0.4 is 10.1 Å². The quantitative estimate of drug-likeness (QED) is 0.484. The number of nitro groups is 1. The first kappa shape index (κ1) is 18.0. The van der Waals surface area contributed by atoms with Crippen LogP contribution >= 0.6 is 0 Å². The number of hydrogen-bond donors (Lipinski definition) is 1. The molecule has 0 bridgehead atoms. The molecule has 2 rings (SSSR count). The van der Waals surface area contributed by atoms with Gasteiger partial charge in [-0.3, -0.25) is 14.9 Å². The molecule has 0 radical (unpaired) electrons. The Labute approximate surface area is 142 Å². The normalized spacial score (nSPS) is 10.2. The van der Waals surface area contributed by atoms with Crippen molar-refractivity contribution in [1.82, 2.24) is 0 Å². The van der Waals surface area contributed by atoms with E-state index in [0.29, 0.717) is 11.5 Å². The van der Waals surface area contributed by atoms with Crippen LogP contribution in [0.2, 0.25) is 0 Å². The Morgan fingerprint density at radius 1 is 1.28 bits per heavy atom. The molecule has 25 heavy (non-hydrogen) atoms. The van der Waals surface area contributed by atoms with E-state index in [2.05, 4.69) is 5.32 Å². The highest BCUT2D eigenvalue weighted by molar-refractivity contribution is 5.96. The number of nitrogens with one attached hydrogen (secondary N) is 1. The second-order valence-corrected chi connectivity index (χ2v) is 5.09. The summed E-state index contributed by atoms with van der Waals surface area (Å²) in [5.41, 5.74) is 0.301. The van der Waals surface area contributed by atoms with Gasteiger partial charge in [-0.15, -0.1) is 0 Å². The molecule has 2 aromatic rings. The molecule has 0 saturated heterocycles. The van der Waals surface area contributed by atoms with Crippen molar-refractivity contribution in [2.45, 2.75) is 13.8 Å². The van der Waals surface area contributed by atoms with Crippen LogP contribution in [-0.2, 0) is 9.53 Å². The van der Waals surface area contributed by atoms with E-state index in [1.807, 2.05) is 0 Å². The third kappa shape index (κ3) is 4.34. The molecule has 0 fully saturated rings. The molecule has 132 valence electrons. The van der Waals surface area contributed by atoms with Crippen molar-refractivity contribution in [3.63, 3.8) is 0 Å². The van der Waals surface area contributed by atoms with Crippen molar-refractivity contribution >= 4 is 23.3 Å². The topological polar surface area (TPSA) is 121 Å². The summed E-state index contributed by atoms with van der Waals surface area (Å²) in [5, 5.41) is 13.2. The molecule has 0 aliphatic carbocycles. The number of nitro benzene ring substituents is 1. The number of esters is 1. The fourth-order valence-electron chi connectivity index (χ4n) is 2.13. The van der Waals surface area contributed by atoms with Crippen LogP contribution in [-0.4, -0.2) is 30.5 Å². The molecule has 1 N–H and O–H groups in total. The van der Waals surface area contributed by atoms with Crippen molar-refractivity contribution in [1.29, 1.82) is 0 Å². The van der Waals surface area contributed by atoms with Gasteiger partial charge in [-0.1, -0.05) is 0 Å². The maximum Gasteiger partial charge on any atom is 0.342 e. The maximum absolute atomic E-state index is 11.9. The molecule has 0 unspecified atom stereocenters. The van der Waals surface area contributed by atoms with Crippen LogP contribution in [0, 0.1) is 24.0 Å². The van der Waals surface area contributed by atoms with Crippen LogP contribution in [0.1, 0.15) is 21.9 Å². The summed E-state index contributed by atoms with van der Waals surface area (Å²) in [7, 11) is 1.32. The van der Waals surface area contributed by atoms with Crippen LogP contribution in [0.3, 0.4) is 0 Å². The number of methoxy groups -OCH3 is 1. The standard InChI is InChI=1S/C16H16N2O7/c1-9-6-12(10(2)25-9)16(20)24-8-15(19)17-13-5-4-11(18(21)22)7-14(13)23-3/h4-7H,8H2,1-3H3,(H,17,19). The Bertz CT molecular complexity index is 826. The number of nitrogens with zero attached hydrogens (tertiary/aromatic N) is 1. The number of hydrogen-bond acceptors (Lipinski definition) is 7. The van der Waals surface area contributed by atoms with Crippen LogP contribution in [0.4, 0.5) is 11.4 Å². The van der Waals surface area contributed by atoms with E-state index in [0.717, 1.165) is 0 Å². The molecule has 0 aliphatic rings. The van der Waals surface area contributed by atoms with Crippen LogP contribution in [0.5, 0.6) is 5.75 Å². The molecule has 1 aromatic carbocycles. The average molecular weight is 348 g/mol. The van der Waals surface area contributed by atoms with Gasteiger partial charge in [-0.2, -0.15) is 0 Å². The van der Waals surface area contributed by atoms with Crippen LogP contribution in [0.15, 0.2) is 28.7 Å². The Balaban J connectivity index is 1.99. The Hall–Kier alpha value is -3.36. The number of carbonyl (C=O) groups excluding carboxylic acids is 2. The highest BCUT2D eigenvalue weighted by Crippen LogP contribution is 2.28. The monoisotopic (exact) mass is 348 g/mol. The SMILES string of the molecule is COc1cc([N+](=O)[O-])ccc1NC(=O)COC(=O)c1cc(C)oc1C. The zero-order valence-corrected chi connectivity index (χ0v) is 13.8. The zero-order chi connectivity index (χ0) is 18.6. The average Bonchev–Trinajstić information content (AvgIpc) is 2.91. The van der Waals surface area contributed by atoms with E-state index < -0.39 is 23.4 Å². The van der Waals surface area contributed by atoms with Gasteiger partial charge in [0.05, 0.1) is 23.8 Å². The van der Waals surface area contributed by atoms with E-state index in [1.165, 1.54) is 31.4 Å². The summed E-state index contributed by atoms with van der Waals surface area (Å²) >= 11 is 0. The molecular formula is C16H16N2O7. The Morgan fingerprint density at radius 3 is 2.56 bits per heavy atom. The summed E-state index contributed by atoms with van der Waals surface area (Å²) in [4.78, 5) is 34.0. The second-order valence-electron chi connectivity index (χ2n) is 5.09. The predicted octanol–water partition coefficient (Wildman–Crippen LogP) is 2.61. The maximum atomic E-state index is 11.9.